The zero-order valence-corrected chi connectivity index (χ0v) is 22.1. The molecule has 2 aromatic rings. The van der Waals surface area contributed by atoms with Crippen LogP contribution < -0.4 is 16.0 Å². The molecule has 0 unspecified atom stereocenters. The Labute approximate surface area is 224 Å². The van der Waals surface area contributed by atoms with E-state index in [4.69, 9.17) is 5.26 Å². The molecular formula is C28H34N8O2. The average molecular weight is 515 g/mol. The smallest absolute Gasteiger partial charge is 0.246 e. The number of nitrogens with one attached hydrogen (secondary N) is 3. The zero-order chi connectivity index (χ0) is 27.3. The van der Waals surface area contributed by atoms with Gasteiger partial charge in [-0.15, -0.1) is 0 Å². The summed E-state index contributed by atoms with van der Waals surface area (Å²) in [7, 11) is 5.64. The number of likely N-dealkylation sites (N-methyl/N-ethyl adjacent to an activating group) is 1. The minimum absolute atomic E-state index is 0.112. The first kappa shape index (κ1) is 28.2. The van der Waals surface area contributed by atoms with Crippen molar-refractivity contribution >= 4 is 29.3 Å². The van der Waals surface area contributed by atoms with Gasteiger partial charge in [-0.2, -0.15) is 10.2 Å². The molecule has 2 amide bonds. The van der Waals surface area contributed by atoms with Crippen LogP contribution in [-0.4, -0.2) is 78.4 Å². The van der Waals surface area contributed by atoms with Crippen LogP contribution in [0.5, 0.6) is 0 Å². The Kier molecular flexibility index (Phi) is 10.6. The minimum atomic E-state index is -0.414. The van der Waals surface area contributed by atoms with E-state index in [1.54, 1.807) is 42.4 Å². The van der Waals surface area contributed by atoms with Gasteiger partial charge in [0.15, 0.2) is 0 Å². The molecule has 1 atom stereocenters. The number of likely N-dealkylation sites (tertiary alicyclic amines) is 1. The van der Waals surface area contributed by atoms with Crippen LogP contribution in [0.2, 0.25) is 0 Å². The summed E-state index contributed by atoms with van der Waals surface area (Å²) in [4.78, 5) is 37.5. The van der Waals surface area contributed by atoms with E-state index in [1.807, 2.05) is 31.1 Å². The zero-order valence-electron chi connectivity index (χ0n) is 22.1. The summed E-state index contributed by atoms with van der Waals surface area (Å²) in [5.74, 6) is 6.94. The van der Waals surface area contributed by atoms with Crippen LogP contribution in [0.15, 0.2) is 42.6 Å². The minimum Gasteiger partial charge on any atom is -0.372 e. The van der Waals surface area contributed by atoms with E-state index in [9.17, 15) is 9.59 Å². The highest BCUT2D eigenvalue weighted by molar-refractivity contribution is 5.93. The summed E-state index contributed by atoms with van der Waals surface area (Å²) in [6.45, 7) is 1.77. The number of rotatable bonds is 10. The lowest BCUT2D eigenvalue weighted by Gasteiger charge is -2.22. The number of anilines is 3. The number of hydrogen-bond acceptors (Lipinski definition) is 8. The number of carbonyl (C=O) groups is 2. The van der Waals surface area contributed by atoms with E-state index in [2.05, 4.69) is 43.8 Å². The molecule has 1 aromatic carbocycles. The molecule has 38 heavy (non-hydrogen) atoms. The first-order chi connectivity index (χ1) is 18.4. The van der Waals surface area contributed by atoms with Gasteiger partial charge in [0.2, 0.25) is 17.8 Å². The van der Waals surface area contributed by atoms with Gasteiger partial charge in [0, 0.05) is 44.9 Å². The number of benzene rings is 1. The SMILES string of the molecule is CNc1nc(Nc2cccc(C#N)c2)ncc1C#CCCCNC(=O)[C@@H]1CCCN1C(=O)C=CCN(C)C. The molecule has 1 aromatic heterocycles. The van der Waals surface area contributed by atoms with Gasteiger partial charge in [0.05, 0.1) is 23.4 Å². The Morgan fingerprint density at radius 1 is 1.32 bits per heavy atom. The van der Waals surface area contributed by atoms with Crippen molar-refractivity contribution in [3.63, 3.8) is 0 Å². The number of nitriles is 1. The Balaban J connectivity index is 1.46. The molecule has 10 heteroatoms. The Morgan fingerprint density at radius 3 is 2.92 bits per heavy atom. The molecular weight excluding hydrogens is 480 g/mol. The van der Waals surface area contributed by atoms with E-state index in [0.29, 0.717) is 61.8 Å². The molecule has 3 N–H and O–H groups in total. The van der Waals surface area contributed by atoms with Crippen LogP contribution in [0, 0.1) is 23.2 Å². The molecule has 1 fully saturated rings. The van der Waals surface area contributed by atoms with E-state index >= 15 is 0 Å². The molecule has 0 saturated carbocycles. The van der Waals surface area contributed by atoms with Crippen LogP contribution in [0.25, 0.3) is 0 Å². The van der Waals surface area contributed by atoms with Crippen molar-refractivity contribution in [2.75, 3.05) is 51.4 Å². The first-order valence-electron chi connectivity index (χ1n) is 12.6. The summed E-state index contributed by atoms with van der Waals surface area (Å²) in [6, 6.07) is 8.76. The van der Waals surface area contributed by atoms with Crippen molar-refractivity contribution in [3.8, 4) is 17.9 Å². The second kappa shape index (κ2) is 14.4. The molecule has 198 valence electrons. The van der Waals surface area contributed by atoms with Crippen LogP contribution in [0.4, 0.5) is 17.5 Å². The maximum absolute atomic E-state index is 12.7. The fraction of sp³-hybridized carbons (Fsp3) is 0.393. The predicted molar refractivity (Wildman–Crippen MR) is 148 cm³/mol. The van der Waals surface area contributed by atoms with Gasteiger partial charge < -0.3 is 25.8 Å². The van der Waals surface area contributed by atoms with E-state index in [1.165, 1.54) is 0 Å². The number of aromatic nitrogens is 2. The first-order valence-corrected chi connectivity index (χ1v) is 12.6. The summed E-state index contributed by atoms with van der Waals surface area (Å²) in [5, 5.41) is 18.1. The fourth-order valence-corrected chi connectivity index (χ4v) is 3.95. The molecule has 0 bridgehead atoms. The Bertz CT molecular complexity index is 1260. The highest BCUT2D eigenvalue weighted by atomic mass is 16.2. The van der Waals surface area contributed by atoms with Crippen LogP contribution in [0.1, 0.15) is 36.8 Å². The Hall–Kier alpha value is -4.41. The highest BCUT2D eigenvalue weighted by Gasteiger charge is 2.32. The third kappa shape index (κ3) is 8.32. The quantitative estimate of drug-likeness (QED) is 0.251. The summed E-state index contributed by atoms with van der Waals surface area (Å²) >= 11 is 0. The second-order valence-corrected chi connectivity index (χ2v) is 9.07. The molecule has 10 nitrogen and oxygen atoms in total. The van der Waals surface area contributed by atoms with Gasteiger partial charge >= 0.3 is 0 Å². The van der Waals surface area contributed by atoms with Crippen molar-refractivity contribution < 1.29 is 9.59 Å². The number of amides is 2. The molecule has 1 aliphatic rings. The molecule has 1 aliphatic heterocycles. The van der Waals surface area contributed by atoms with Crippen molar-refractivity contribution in [2.24, 2.45) is 0 Å². The van der Waals surface area contributed by atoms with Gasteiger partial charge in [-0.3, -0.25) is 9.59 Å². The van der Waals surface area contributed by atoms with E-state index in [-0.39, 0.29) is 11.8 Å². The molecule has 3 rings (SSSR count). The summed E-state index contributed by atoms with van der Waals surface area (Å²) < 4.78 is 0. The van der Waals surface area contributed by atoms with Crippen LogP contribution in [-0.2, 0) is 9.59 Å². The van der Waals surface area contributed by atoms with Crippen LogP contribution >= 0.6 is 0 Å². The van der Waals surface area contributed by atoms with Gasteiger partial charge in [-0.05, 0) is 51.6 Å². The topological polar surface area (TPSA) is 126 Å². The highest BCUT2D eigenvalue weighted by Crippen LogP contribution is 2.19. The van der Waals surface area contributed by atoms with Gasteiger partial charge in [-0.1, -0.05) is 24.0 Å². The normalized spacial score (nSPS) is 14.6. The third-order valence-corrected chi connectivity index (χ3v) is 5.84. The molecule has 0 aliphatic carbocycles. The fourth-order valence-electron chi connectivity index (χ4n) is 3.95. The number of hydrogen-bond donors (Lipinski definition) is 3. The molecule has 0 radical (unpaired) electrons. The van der Waals surface area contributed by atoms with Gasteiger partial charge in [-0.25, -0.2) is 4.98 Å². The monoisotopic (exact) mass is 514 g/mol. The van der Waals surface area contributed by atoms with E-state index < -0.39 is 6.04 Å². The lowest BCUT2D eigenvalue weighted by molar-refractivity contribution is -0.135. The van der Waals surface area contributed by atoms with Gasteiger partial charge in [0.1, 0.15) is 11.9 Å². The lowest BCUT2D eigenvalue weighted by atomic mass is 10.2. The summed E-state index contributed by atoms with van der Waals surface area (Å²) in [6.07, 6.45) is 7.80. The summed E-state index contributed by atoms with van der Waals surface area (Å²) in [5.41, 5.74) is 1.93. The van der Waals surface area contributed by atoms with Crippen molar-refractivity contribution in [3.05, 3.63) is 53.7 Å². The number of carbonyl (C=O) groups excluding carboxylic acids is 2. The maximum atomic E-state index is 12.7. The van der Waals surface area contributed by atoms with Gasteiger partial charge in [0.25, 0.3) is 0 Å². The third-order valence-electron chi connectivity index (χ3n) is 5.84. The average Bonchev–Trinajstić information content (AvgIpc) is 3.41. The standard InChI is InChI=1S/C28H34N8O2/c1-30-26-22(20-32-28(34-26)33-23-12-7-10-21(18-23)19-29)11-5-4-6-15-31-27(38)24-13-8-17-36(24)25(37)14-9-16-35(2)3/h7,9-10,12,14,18,20,24H,4,6,8,13,15-17H2,1-3H3,(H,31,38)(H2,30,32,33,34)/t24-/m0/s1. The predicted octanol–water partition coefficient (Wildman–Crippen LogP) is 2.49. The number of unbranched alkanes of at least 4 members (excludes halogenated alkanes) is 1. The Morgan fingerprint density at radius 2 is 2.16 bits per heavy atom. The lowest BCUT2D eigenvalue weighted by Crippen LogP contribution is -2.45. The molecule has 1 saturated heterocycles. The van der Waals surface area contributed by atoms with Crippen LogP contribution in [0.3, 0.4) is 0 Å². The van der Waals surface area contributed by atoms with Crippen molar-refractivity contribution in [1.29, 1.82) is 5.26 Å². The number of nitrogens with zero attached hydrogens (tertiary/aromatic N) is 5. The maximum Gasteiger partial charge on any atom is 0.246 e. The second-order valence-electron chi connectivity index (χ2n) is 9.07. The molecule has 2 heterocycles. The largest absolute Gasteiger partial charge is 0.372 e. The van der Waals surface area contributed by atoms with E-state index in [0.717, 1.165) is 12.1 Å². The molecule has 0 spiro atoms. The van der Waals surface area contributed by atoms with Crippen molar-refractivity contribution in [1.82, 2.24) is 25.1 Å². The van der Waals surface area contributed by atoms with Crippen molar-refractivity contribution in [2.45, 2.75) is 31.7 Å².